The minimum absolute atomic E-state index is 0. The van der Waals surface area contributed by atoms with Gasteiger partial charge in [0.25, 0.3) is 0 Å². The summed E-state index contributed by atoms with van der Waals surface area (Å²) in [5.74, 6) is 0. The second-order valence-electron chi connectivity index (χ2n) is 11.6. The van der Waals surface area contributed by atoms with Gasteiger partial charge < -0.3 is 9.11 Å². The Morgan fingerprint density at radius 2 is 0.622 bits per heavy atom. The number of rotatable bonds is 8. The predicted molar refractivity (Wildman–Crippen MR) is 150 cm³/mol. The summed E-state index contributed by atoms with van der Waals surface area (Å²) in [5.41, 5.74) is 2.14. The van der Waals surface area contributed by atoms with Crippen molar-refractivity contribution in [3.05, 3.63) is 0 Å². The Balaban J connectivity index is 0.000000253. The molecule has 4 saturated carbocycles. The second-order valence-corrected chi connectivity index (χ2v) is 20.8. The molecule has 4 rings (SSSR count). The molecule has 0 aromatic heterocycles. The van der Waals surface area contributed by atoms with Gasteiger partial charge in [0.2, 0.25) is 0 Å². The van der Waals surface area contributed by atoms with Gasteiger partial charge in [0.05, 0.1) is 31.2 Å². The van der Waals surface area contributed by atoms with E-state index in [0.29, 0.717) is 22.6 Å². The summed E-state index contributed by atoms with van der Waals surface area (Å²) in [6.45, 7) is 0. The zero-order chi connectivity index (χ0) is 26.0. The molecule has 0 heterocycles. The summed E-state index contributed by atoms with van der Waals surface area (Å²) in [7, 11) is -9.26. The standard InChI is InChI=1S/2C13H25O3PS.Pd/c2*14-18(15,16)11-17(12-7-3-1-4-8-12)13-9-5-2-6-10-13;/h2*12-13H,1-11H2,(H,14,15,16);/q;;+2/p-2. The van der Waals surface area contributed by atoms with Crippen molar-refractivity contribution in [2.24, 2.45) is 0 Å². The van der Waals surface area contributed by atoms with Crippen molar-refractivity contribution in [2.75, 3.05) is 11.0 Å². The summed E-state index contributed by atoms with van der Waals surface area (Å²) in [6.07, 6.45) is 24.3. The molecule has 0 aromatic rings. The van der Waals surface area contributed by atoms with Crippen LogP contribution in [0, 0.1) is 0 Å². The maximum Gasteiger partial charge on any atom is 2.00 e. The molecule has 0 bridgehead atoms. The molecule has 0 aliphatic heterocycles. The Bertz CT molecular complexity index is 727. The van der Waals surface area contributed by atoms with E-state index in [0.717, 1.165) is 51.4 Å². The van der Waals surface area contributed by atoms with E-state index in [1.54, 1.807) is 0 Å². The molecule has 4 fully saturated rings. The van der Waals surface area contributed by atoms with Crippen LogP contribution < -0.4 is 0 Å². The van der Waals surface area contributed by atoms with E-state index in [4.69, 9.17) is 0 Å². The van der Waals surface area contributed by atoms with E-state index in [2.05, 4.69) is 0 Å². The van der Waals surface area contributed by atoms with Crippen LogP contribution in [0.15, 0.2) is 0 Å². The quantitative estimate of drug-likeness (QED) is 0.151. The molecule has 4 aliphatic carbocycles. The van der Waals surface area contributed by atoms with Crippen molar-refractivity contribution in [2.45, 2.75) is 151 Å². The van der Waals surface area contributed by atoms with E-state index in [-0.39, 0.29) is 31.4 Å². The average molecular weight is 689 g/mol. The van der Waals surface area contributed by atoms with Gasteiger partial charge in [-0.1, -0.05) is 92.9 Å². The molecule has 11 heteroatoms. The minimum Gasteiger partial charge on any atom is -0.748 e. The largest absolute Gasteiger partial charge is 2.00 e. The predicted octanol–water partition coefficient (Wildman–Crippen LogP) is 7.27. The van der Waals surface area contributed by atoms with Gasteiger partial charge in [-0.25, -0.2) is 16.8 Å². The van der Waals surface area contributed by atoms with E-state index in [1.165, 1.54) is 77.0 Å². The molecular formula is C26H48O6P2PdS2. The Hall–Kier alpha value is 1.34. The SMILES string of the molecule is O=S(=O)([O-])CP(C1CCCCC1)C1CCCCC1.O=S(=O)([O-])CP(C1CCCCC1)C1CCCCC1.[Pd+2]. The summed E-state index contributed by atoms with van der Waals surface area (Å²) in [6, 6.07) is 0. The van der Waals surface area contributed by atoms with E-state index in [1.807, 2.05) is 0 Å². The fraction of sp³-hybridized carbons (Fsp3) is 1.00. The molecule has 0 unspecified atom stereocenters. The van der Waals surface area contributed by atoms with Crippen molar-refractivity contribution in [3.8, 4) is 0 Å². The molecule has 0 N–H and O–H groups in total. The van der Waals surface area contributed by atoms with Gasteiger partial charge in [-0.2, -0.15) is 0 Å². The van der Waals surface area contributed by atoms with E-state index >= 15 is 0 Å². The Kier molecular flexibility index (Phi) is 16.2. The zero-order valence-corrected chi connectivity index (χ0v) is 27.3. The summed E-state index contributed by atoms with van der Waals surface area (Å²) in [5, 5.41) is 0. The summed E-state index contributed by atoms with van der Waals surface area (Å²) < 4.78 is 67.1. The normalized spacial score (nSPS) is 23.9. The maximum absolute atomic E-state index is 11.2. The minimum atomic E-state index is -4.04. The molecular weight excluding hydrogens is 641 g/mol. The molecule has 0 aromatic carbocycles. The van der Waals surface area contributed by atoms with Crippen molar-refractivity contribution >= 4 is 36.1 Å². The molecule has 6 nitrogen and oxygen atoms in total. The fourth-order valence-corrected chi connectivity index (χ4v) is 18.6. The Labute approximate surface area is 243 Å². The monoisotopic (exact) mass is 688 g/mol. The molecule has 0 radical (unpaired) electrons. The first-order valence-electron chi connectivity index (χ1n) is 14.5. The second kappa shape index (κ2) is 17.3. The third-order valence-electron chi connectivity index (χ3n) is 8.79. The maximum atomic E-state index is 11.2. The fourth-order valence-electron chi connectivity index (χ4n) is 7.03. The molecule has 0 amide bonds. The third kappa shape index (κ3) is 13.2. The van der Waals surface area contributed by atoms with Gasteiger partial charge in [0, 0.05) is 0 Å². The van der Waals surface area contributed by atoms with Crippen LogP contribution in [0.2, 0.25) is 0 Å². The Morgan fingerprint density at radius 1 is 0.432 bits per heavy atom. The van der Waals surface area contributed by atoms with Crippen LogP contribution in [0.5, 0.6) is 0 Å². The van der Waals surface area contributed by atoms with Gasteiger partial charge in [0.1, 0.15) is 0 Å². The van der Waals surface area contributed by atoms with Gasteiger partial charge >= 0.3 is 20.4 Å². The van der Waals surface area contributed by atoms with Crippen LogP contribution in [-0.2, 0) is 40.7 Å². The third-order valence-corrected chi connectivity index (χ3v) is 19.5. The van der Waals surface area contributed by atoms with Crippen molar-refractivity contribution < 1.29 is 46.4 Å². The van der Waals surface area contributed by atoms with E-state index < -0.39 is 36.1 Å². The van der Waals surface area contributed by atoms with Crippen LogP contribution >= 0.6 is 15.8 Å². The van der Waals surface area contributed by atoms with Crippen LogP contribution in [0.25, 0.3) is 0 Å². The number of hydrogen-bond donors (Lipinski definition) is 0. The number of hydrogen-bond acceptors (Lipinski definition) is 6. The summed E-state index contributed by atoms with van der Waals surface area (Å²) >= 11 is 0. The average Bonchev–Trinajstić information content (AvgIpc) is 2.87. The smallest absolute Gasteiger partial charge is 0.748 e. The first-order chi connectivity index (χ1) is 17.1. The molecule has 0 saturated heterocycles. The van der Waals surface area contributed by atoms with Gasteiger partial charge in [-0.05, 0) is 74.0 Å². The molecule has 0 spiro atoms. The molecule has 220 valence electrons. The summed E-state index contributed by atoms with van der Waals surface area (Å²) in [4.78, 5) is 0. The zero-order valence-electron chi connectivity index (χ0n) is 22.3. The molecule has 0 atom stereocenters. The van der Waals surface area contributed by atoms with Crippen LogP contribution in [-0.4, -0.2) is 59.6 Å². The first-order valence-corrected chi connectivity index (χ1v) is 21.0. The van der Waals surface area contributed by atoms with Crippen molar-refractivity contribution in [1.82, 2.24) is 0 Å². The van der Waals surface area contributed by atoms with Crippen LogP contribution in [0.4, 0.5) is 0 Å². The van der Waals surface area contributed by atoms with Gasteiger partial charge in [-0.3, -0.25) is 0 Å². The van der Waals surface area contributed by atoms with Crippen LogP contribution in [0.3, 0.4) is 0 Å². The molecule has 4 aliphatic rings. The van der Waals surface area contributed by atoms with Crippen LogP contribution in [0.1, 0.15) is 128 Å². The van der Waals surface area contributed by atoms with Crippen molar-refractivity contribution in [3.63, 3.8) is 0 Å². The van der Waals surface area contributed by atoms with Gasteiger partial charge in [0.15, 0.2) is 0 Å². The van der Waals surface area contributed by atoms with E-state index in [9.17, 15) is 25.9 Å². The van der Waals surface area contributed by atoms with Gasteiger partial charge in [-0.15, -0.1) is 0 Å². The first kappa shape index (κ1) is 34.5. The Morgan fingerprint density at radius 3 is 0.784 bits per heavy atom. The molecule has 37 heavy (non-hydrogen) atoms. The topological polar surface area (TPSA) is 114 Å². The van der Waals surface area contributed by atoms with Crippen molar-refractivity contribution in [1.29, 1.82) is 0 Å².